The third kappa shape index (κ3) is 4.68. The van der Waals surface area contributed by atoms with Crippen LogP contribution in [0.15, 0.2) is 42.5 Å². The molecule has 1 heterocycles. The van der Waals surface area contributed by atoms with Gasteiger partial charge in [-0.05, 0) is 30.3 Å². The first-order chi connectivity index (χ1) is 14.3. The van der Waals surface area contributed by atoms with Crippen molar-refractivity contribution >= 4 is 34.9 Å². The average Bonchev–Trinajstić information content (AvgIpc) is 3.07. The Morgan fingerprint density at radius 1 is 1.13 bits per heavy atom. The van der Waals surface area contributed by atoms with Gasteiger partial charge in [0.1, 0.15) is 11.6 Å². The second-order valence-electron chi connectivity index (χ2n) is 6.76. The van der Waals surface area contributed by atoms with E-state index in [-0.39, 0.29) is 29.9 Å². The lowest BCUT2D eigenvalue weighted by molar-refractivity contribution is -0.147. The second-order valence-corrected chi connectivity index (χ2v) is 6.76. The fourth-order valence-corrected chi connectivity index (χ4v) is 3.12. The number of halogens is 2. The minimum absolute atomic E-state index is 0.0650. The Kier molecular flexibility index (Phi) is 6.20. The van der Waals surface area contributed by atoms with Gasteiger partial charge in [0.2, 0.25) is 17.6 Å². The van der Waals surface area contributed by atoms with E-state index in [4.69, 9.17) is 4.74 Å². The molecule has 1 aliphatic heterocycles. The molecule has 2 amide bonds. The Bertz CT molecular complexity index is 1020. The standard InChI is InChI=1S/C21H18F2N2O5/c1-12(26)24-14-6-7-15(17(23)9-14)19(27)11-30-21(29)13-8-20(28)25(10-13)18-5-3-2-4-16(18)22/h2-7,9,13H,8,10-11H2,1H3,(H,24,26)/t13-/m0/s1. The van der Waals surface area contributed by atoms with Crippen molar-refractivity contribution in [2.75, 3.05) is 23.4 Å². The summed E-state index contributed by atoms with van der Waals surface area (Å²) in [6, 6.07) is 9.20. The van der Waals surface area contributed by atoms with Crippen LogP contribution in [0.2, 0.25) is 0 Å². The first kappa shape index (κ1) is 21.1. The van der Waals surface area contributed by atoms with Gasteiger partial charge in [0.25, 0.3) is 0 Å². The summed E-state index contributed by atoms with van der Waals surface area (Å²) in [4.78, 5) is 48.8. The molecule has 1 aliphatic rings. The van der Waals surface area contributed by atoms with Gasteiger partial charge in [0.05, 0.1) is 17.2 Å². The fourth-order valence-electron chi connectivity index (χ4n) is 3.12. The van der Waals surface area contributed by atoms with Gasteiger partial charge in [0, 0.05) is 25.6 Å². The number of rotatable bonds is 6. The van der Waals surface area contributed by atoms with Gasteiger partial charge in [0.15, 0.2) is 6.61 Å². The summed E-state index contributed by atoms with van der Waals surface area (Å²) in [5, 5.41) is 2.39. The number of carbonyl (C=O) groups excluding carboxylic acids is 4. The van der Waals surface area contributed by atoms with E-state index < -0.39 is 47.7 Å². The van der Waals surface area contributed by atoms with Gasteiger partial charge in [-0.3, -0.25) is 19.2 Å². The monoisotopic (exact) mass is 416 g/mol. The molecule has 0 bridgehead atoms. The number of anilines is 2. The molecular formula is C21H18F2N2O5. The molecule has 1 saturated heterocycles. The average molecular weight is 416 g/mol. The van der Waals surface area contributed by atoms with E-state index in [2.05, 4.69) is 5.32 Å². The van der Waals surface area contributed by atoms with Crippen molar-refractivity contribution in [1.29, 1.82) is 0 Å². The van der Waals surface area contributed by atoms with Crippen LogP contribution < -0.4 is 10.2 Å². The van der Waals surface area contributed by atoms with E-state index in [1.54, 1.807) is 6.07 Å². The number of hydrogen-bond acceptors (Lipinski definition) is 5. The molecule has 1 N–H and O–H groups in total. The number of ether oxygens (including phenoxy) is 1. The van der Waals surface area contributed by atoms with Crippen LogP contribution in [-0.2, 0) is 19.1 Å². The van der Waals surface area contributed by atoms with E-state index in [9.17, 15) is 28.0 Å². The topological polar surface area (TPSA) is 92.8 Å². The molecule has 1 atom stereocenters. The van der Waals surface area contributed by atoms with Crippen LogP contribution in [0.5, 0.6) is 0 Å². The maximum absolute atomic E-state index is 14.1. The van der Waals surface area contributed by atoms with E-state index in [1.165, 1.54) is 37.3 Å². The molecule has 9 heteroatoms. The lowest BCUT2D eigenvalue weighted by atomic mass is 10.1. The molecule has 30 heavy (non-hydrogen) atoms. The molecule has 7 nitrogen and oxygen atoms in total. The van der Waals surface area contributed by atoms with E-state index in [0.717, 1.165) is 11.0 Å². The lowest BCUT2D eigenvalue weighted by Gasteiger charge is -2.17. The molecule has 1 fully saturated rings. The minimum Gasteiger partial charge on any atom is -0.457 e. The molecular weight excluding hydrogens is 398 g/mol. The number of ketones is 1. The quantitative estimate of drug-likeness (QED) is 0.577. The molecule has 156 valence electrons. The molecule has 2 aromatic rings. The van der Waals surface area contributed by atoms with Crippen molar-refractivity contribution < 1.29 is 32.7 Å². The summed E-state index contributed by atoms with van der Waals surface area (Å²) in [5.41, 5.74) is -0.0474. The number of amides is 2. The SMILES string of the molecule is CC(=O)Nc1ccc(C(=O)COC(=O)[C@H]2CC(=O)N(c3ccccc3F)C2)c(F)c1. The van der Waals surface area contributed by atoms with Crippen molar-refractivity contribution in [3.8, 4) is 0 Å². The van der Waals surface area contributed by atoms with Crippen molar-refractivity contribution in [1.82, 2.24) is 0 Å². The Balaban J connectivity index is 1.59. The number of hydrogen-bond donors (Lipinski definition) is 1. The summed E-state index contributed by atoms with van der Waals surface area (Å²) in [7, 11) is 0. The number of Topliss-reactive ketones (excluding diaryl/α,β-unsaturated/α-hetero) is 1. The largest absolute Gasteiger partial charge is 0.457 e. The van der Waals surface area contributed by atoms with Crippen LogP contribution in [0.25, 0.3) is 0 Å². The molecule has 0 spiro atoms. The van der Waals surface area contributed by atoms with Crippen LogP contribution in [-0.4, -0.2) is 36.7 Å². The van der Waals surface area contributed by atoms with Crippen molar-refractivity contribution in [2.45, 2.75) is 13.3 Å². The predicted molar refractivity (Wildman–Crippen MR) is 103 cm³/mol. The first-order valence-electron chi connectivity index (χ1n) is 9.08. The van der Waals surface area contributed by atoms with Crippen molar-refractivity contribution in [3.05, 3.63) is 59.7 Å². The van der Waals surface area contributed by atoms with Crippen LogP contribution in [0.4, 0.5) is 20.2 Å². The number of nitrogens with zero attached hydrogens (tertiary/aromatic N) is 1. The Labute approximate surface area is 170 Å². The van der Waals surface area contributed by atoms with Gasteiger partial charge >= 0.3 is 5.97 Å². The highest BCUT2D eigenvalue weighted by Gasteiger charge is 2.37. The third-order valence-electron chi connectivity index (χ3n) is 4.54. The van der Waals surface area contributed by atoms with Crippen molar-refractivity contribution in [2.24, 2.45) is 5.92 Å². The van der Waals surface area contributed by atoms with Crippen LogP contribution >= 0.6 is 0 Å². The highest BCUT2D eigenvalue weighted by Crippen LogP contribution is 2.28. The summed E-state index contributed by atoms with van der Waals surface area (Å²) >= 11 is 0. The first-order valence-corrected chi connectivity index (χ1v) is 9.08. The van der Waals surface area contributed by atoms with E-state index in [1.807, 2.05) is 0 Å². The van der Waals surface area contributed by atoms with Crippen molar-refractivity contribution in [3.63, 3.8) is 0 Å². The minimum atomic E-state index is -0.871. The second kappa shape index (κ2) is 8.81. The zero-order valence-electron chi connectivity index (χ0n) is 16.0. The predicted octanol–water partition coefficient (Wildman–Crippen LogP) is 2.70. The van der Waals surface area contributed by atoms with Gasteiger partial charge < -0.3 is 15.0 Å². The zero-order valence-corrected chi connectivity index (χ0v) is 16.0. The van der Waals surface area contributed by atoms with Crippen LogP contribution in [0.1, 0.15) is 23.7 Å². The summed E-state index contributed by atoms with van der Waals surface area (Å²) in [6.45, 7) is 0.476. The number of carbonyl (C=O) groups is 4. The van der Waals surface area contributed by atoms with Gasteiger partial charge in [-0.25, -0.2) is 8.78 Å². The molecule has 0 unspecified atom stereocenters. The van der Waals surface area contributed by atoms with Gasteiger partial charge in [-0.1, -0.05) is 12.1 Å². The van der Waals surface area contributed by atoms with Crippen LogP contribution in [0, 0.1) is 17.6 Å². The van der Waals surface area contributed by atoms with Gasteiger partial charge in [-0.2, -0.15) is 0 Å². The molecule has 0 aliphatic carbocycles. The van der Waals surface area contributed by atoms with Crippen LogP contribution in [0.3, 0.4) is 0 Å². The number of benzene rings is 2. The number of esters is 1. The molecule has 3 rings (SSSR count). The number of nitrogens with one attached hydrogen (secondary N) is 1. The molecule has 0 aromatic heterocycles. The normalized spacial score (nSPS) is 15.8. The molecule has 2 aromatic carbocycles. The third-order valence-corrected chi connectivity index (χ3v) is 4.54. The summed E-state index contributed by atoms with van der Waals surface area (Å²) in [6.07, 6.45) is -0.179. The Morgan fingerprint density at radius 2 is 1.87 bits per heavy atom. The Hall–Kier alpha value is -3.62. The molecule has 0 saturated carbocycles. The fraction of sp³-hybridized carbons (Fsp3) is 0.238. The lowest BCUT2D eigenvalue weighted by Crippen LogP contribution is -2.28. The smallest absolute Gasteiger partial charge is 0.311 e. The van der Waals surface area contributed by atoms with E-state index in [0.29, 0.717) is 0 Å². The summed E-state index contributed by atoms with van der Waals surface area (Å²) < 4.78 is 33.0. The number of para-hydroxylation sites is 1. The zero-order chi connectivity index (χ0) is 21.8. The Morgan fingerprint density at radius 3 is 2.53 bits per heavy atom. The maximum Gasteiger partial charge on any atom is 0.311 e. The summed E-state index contributed by atoms with van der Waals surface area (Å²) in [5.74, 6) is -4.73. The highest BCUT2D eigenvalue weighted by molar-refractivity contribution is 6.01. The molecule has 0 radical (unpaired) electrons. The maximum atomic E-state index is 14.1. The van der Waals surface area contributed by atoms with Gasteiger partial charge in [-0.15, -0.1) is 0 Å². The highest BCUT2D eigenvalue weighted by atomic mass is 19.1. The van der Waals surface area contributed by atoms with E-state index >= 15 is 0 Å².